The number of cyclic esters (lactones) is 1. The minimum absolute atomic E-state index is 0.0394. The lowest BCUT2D eigenvalue weighted by Crippen LogP contribution is -2.62. The summed E-state index contributed by atoms with van der Waals surface area (Å²) in [7, 11) is 0.700. The van der Waals surface area contributed by atoms with Crippen LogP contribution in [0.15, 0.2) is 29.2 Å². The van der Waals surface area contributed by atoms with Crippen molar-refractivity contribution < 1.29 is 71.6 Å². The number of nitrogens with one attached hydrogen (secondary N) is 1. The van der Waals surface area contributed by atoms with Crippen molar-refractivity contribution in [3.63, 3.8) is 0 Å². The third-order valence-corrected chi connectivity index (χ3v) is 15.0. The van der Waals surface area contributed by atoms with E-state index in [2.05, 4.69) is 4.72 Å². The number of methoxy groups -OCH3 is 1. The predicted octanol–water partition coefficient (Wildman–Crippen LogP) is 2.70. The molecule has 0 spiro atoms. The first-order valence-corrected chi connectivity index (χ1v) is 22.9. The van der Waals surface area contributed by atoms with Gasteiger partial charge in [0.1, 0.15) is 29.7 Å². The smallest absolute Gasteiger partial charge is 0.311 e. The normalized spacial score (nSPS) is 45.0. The molecule has 1 aromatic rings. The number of esters is 1. The molecule has 3 heterocycles. The minimum Gasteiger partial charge on any atom is -0.459 e. The molecule has 3 saturated heterocycles. The molecule has 19 atom stereocenters. The quantitative estimate of drug-likeness (QED) is 0.186. The number of rotatable bonds is 10. The summed E-state index contributed by atoms with van der Waals surface area (Å²) < 4.78 is 82.0. The summed E-state index contributed by atoms with van der Waals surface area (Å²) in [5, 5.41) is 59.5. The zero-order chi connectivity index (χ0) is 46.2. The van der Waals surface area contributed by atoms with Crippen molar-refractivity contribution in [2.24, 2.45) is 23.7 Å². The number of carbonyl (C=O) groups excluding carboxylic acids is 1. The number of carbonyl (C=O) groups is 1. The Morgan fingerprint density at radius 2 is 1.52 bits per heavy atom. The largest absolute Gasteiger partial charge is 0.459 e. The minimum atomic E-state index is -4.40. The summed E-state index contributed by atoms with van der Waals surface area (Å²) in [5.41, 5.74) is -5.17. The van der Waals surface area contributed by atoms with Crippen LogP contribution in [0, 0.1) is 29.5 Å². The van der Waals surface area contributed by atoms with Crippen LogP contribution in [-0.2, 0) is 43.2 Å². The first kappa shape index (κ1) is 51.7. The van der Waals surface area contributed by atoms with Gasteiger partial charge in [-0.2, -0.15) is 0 Å². The van der Waals surface area contributed by atoms with Crippen molar-refractivity contribution in [3.05, 3.63) is 30.1 Å². The molecule has 61 heavy (non-hydrogen) atoms. The Labute approximate surface area is 361 Å². The fourth-order valence-electron chi connectivity index (χ4n) is 9.69. The van der Waals surface area contributed by atoms with E-state index in [4.69, 9.17) is 28.4 Å². The Morgan fingerprint density at radius 3 is 2.08 bits per heavy atom. The van der Waals surface area contributed by atoms with Gasteiger partial charge in [0, 0.05) is 37.5 Å². The maximum atomic E-state index is 14.4. The number of nitrogens with zero attached hydrogens (tertiary/aromatic N) is 1. The van der Waals surface area contributed by atoms with E-state index >= 15 is 0 Å². The molecule has 16 unspecified atom stereocenters. The second-order valence-corrected chi connectivity index (χ2v) is 20.5. The molecule has 3 aliphatic heterocycles. The molecule has 4 rings (SSSR count). The monoisotopic (exact) mass is 892 g/mol. The van der Waals surface area contributed by atoms with Gasteiger partial charge in [0.25, 0.3) is 0 Å². The molecule has 18 heteroatoms. The molecule has 0 aliphatic carbocycles. The number of sulfonamides is 1. The highest BCUT2D eigenvalue weighted by molar-refractivity contribution is 7.89. The van der Waals surface area contributed by atoms with Crippen LogP contribution >= 0.6 is 0 Å². The Kier molecular flexibility index (Phi) is 17.0. The maximum Gasteiger partial charge on any atom is 0.311 e. The van der Waals surface area contributed by atoms with Crippen LogP contribution < -0.4 is 4.72 Å². The van der Waals surface area contributed by atoms with Gasteiger partial charge < -0.3 is 58.9 Å². The second kappa shape index (κ2) is 20.1. The summed E-state index contributed by atoms with van der Waals surface area (Å²) in [4.78, 5) is 16.0. The molecule has 0 amide bonds. The lowest BCUT2D eigenvalue weighted by molar-refractivity contribution is -0.318. The Hall–Kier alpha value is -1.91. The number of benzene rings is 1. The van der Waals surface area contributed by atoms with Crippen molar-refractivity contribution >= 4 is 16.0 Å². The number of ether oxygens (including phenoxy) is 6. The van der Waals surface area contributed by atoms with Gasteiger partial charge >= 0.3 is 5.97 Å². The van der Waals surface area contributed by atoms with Crippen LogP contribution in [0.25, 0.3) is 0 Å². The van der Waals surface area contributed by atoms with E-state index in [1.165, 1.54) is 27.9 Å². The van der Waals surface area contributed by atoms with Crippen LogP contribution in [0.5, 0.6) is 0 Å². The van der Waals surface area contributed by atoms with Crippen LogP contribution in [0.3, 0.4) is 0 Å². The van der Waals surface area contributed by atoms with Gasteiger partial charge in [-0.15, -0.1) is 0 Å². The number of aliphatic hydroxyl groups is 5. The van der Waals surface area contributed by atoms with Crippen LogP contribution in [0.1, 0.15) is 94.9 Å². The molecule has 6 N–H and O–H groups in total. The zero-order valence-electron chi connectivity index (χ0n) is 38.0. The van der Waals surface area contributed by atoms with E-state index in [1.807, 2.05) is 25.9 Å². The first-order chi connectivity index (χ1) is 28.1. The molecule has 0 bridgehead atoms. The van der Waals surface area contributed by atoms with Crippen molar-refractivity contribution in [1.82, 2.24) is 9.62 Å². The fourth-order valence-corrected chi connectivity index (χ4v) is 11.1. The van der Waals surface area contributed by atoms with E-state index in [1.54, 1.807) is 41.5 Å². The van der Waals surface area contributed by atoms with Gasteiger partial charge in [0.2, 0.25) is 10.0 Å². The number of likely N-dealkylation sites (N-methyl/N-ethyl adjacent to an activating group) is 1. The van der Waals surface area contributed by atoms with Crippen molar-refractivity contribution in [3.8, 4) is 0 Å². The topological polar surface area (TPSA) is 223 Å². The van der Waals surface area contributed by atoms with Crippen LogP contribution in [0.2, 0.25) is 0 Å². The molecule has 0 radical (unpaired) electrons. The van der Waals surface area contributed by atoms with Gasteiger partial charge in [0.05, 0.1) is 52.5 Å². The Bertz CT molecular complexity index is 1700. The van der Waals surface area contributed by atoms with Gasteiger partial charge in [-0.3, -0.25) is 4.79 Å². The van der Waals surface area contributed by atoms with E-state index in [0.29, 0.717) is 6.42 Å². The molecule has 3 fully saturated rings. The van der Waals surface area contributed by atoms with Crippen LogP contribution in [0.4, 0.5) is 4.39 Å². The molecule has 3 aliphatic rings. The van der Waals surface area contributed by atoms with Crippen LogP contribution in [-0.4, -0.2) is 156 Å². The molecule has 0 aromatic heterocycles. The predicted molar refractivity (Wildman–Crippen MR) is 222 cm³/mol. The van der Waals surface area contributed by atoms with Gasteiger partial charge in [-0.25, -0.2) is 17.5 Å². The fraction of sp³-hybridized carbons (Fsp3) is 0.837. The third-order valence-electron chi connectivity index (χ3n) is 13.5. The highest BCUT2D eigenvalue weighted by Gasteiger charge is 2.54. The number of hydrogen-bond acceptors (Lipinski definition) is 15. The number of hydrogen-bond donors (Lipinski definition) is 6. The highest BCUT2D eigenvalue weighted by Crippen LogP contribution is 2.41. The average molecular weight is 893 g/mol. The van der Waals surface area contributed by atoms with Gasteiger partial charge in [-0.05, 0) is 105 Å². The Balaban J connectivity index is 1.91. The summed E-state index contributed by atoms with van der Waals surface area (Å²) in [5.74, 6) is -5.48. The van der Waals surface area contributed by atoms with Gasteiger partial charge in [-0.1, -0.05) is 27.7 Å². The zero-order valence-corrected chi connectivity index (χ0v) is 38.8. The van der Waals surface area contributed by atoms with E-state index in [-0.39, 0.29) is 30.3 Å². The first-order valence-electron chi connectivity index (χ1n) is 21.4. The lowest BCUT2D eigenvalue weighted by atomic mass is 9.72. The molecule has 0 saturated carbocycles. The summed E-state index contributed by atoms with van der Waals surface area (Å²) in [6.45, 7) is 16.2. The lowest BCUT2D eigenvalue weighted by Gasteiger charge is -2.49. The van der Waals surface area contributed by atoms with E-state index in [0.717, 1.165) is 24.3 Å². The highest BCUT2D eigenvalue weighted by atomic mass is 32.2. The van der Waals surface area contributed by atoms with Gasteiger partial charge in [0.15, 0.2) is 12.6 Å². The molecular formula is C43H73FN2O14S. The average Bonchev–Trinajstić information content (AvgIpc) is 3.18. The van der Waals surface area contributed by atoms with E-state index < -0.39 is 130 Å². The third kappa shape index (κ3) is 11.5. The van der Waals surface area contributed by atoms with Crippen molar-refractivity contribution in [2.75, 3.05) is 21.2 Å². The molecular weight excluding hydrogens is 820 g/mol. The summed E-state index contributed by atoms with van der Waals surface area (Å²) >= 11 is 0. The summed E-state index contributed by atoms with van der Waals surface area (Å²) in [6.07, 6.45) is -10.8. The number of aliphatic hydroxyl groups excluding tert-OH is 3. The van der Waals surface area contributed by atoms with Crippen molar-refractivity contribution in [2.45, 2.75) is 190 Å². The molecule has 352 valence electrons. The molecule has 16 nitrogen and oxygen atoms in total. The standard InChI is InChI=1S/C43H73FN2O14S/c1-14-31-43(10,52)36(48)24(4)33(45-61(53,54)29-17-15-28(44)16-18-29)22(2)20-41(8,51)38(60-40-34(47)30(46(11)12)19-23(3)56-40)25(5)35(26(6)39(50)58-31)59-32-21-42(9,55-13)37(49)27(7)57-32/h15-18,22-27,30-38,40,45,47-49,51-52H,14,19-21H2,1-13H3/t22?,23?,24?,25?,26?,27?,30?,31?,32?,33?,34?,35?,36?,37?,38?,40?,41-,42-,43-/m1/s1. The molecule has 1 aromatic carbocycles. The number of halogens is 1. The maximum absolute atomic E-state index is 14.4. The summed E-state index contributed by atoms with van der Waals surface area (Å²) in [6, 6.07) is 2.61. The Morgan fingerprint density at radius 1 is 0.918 bits per heavy atom. The SMILES string of the molecule is CCC1OC(=O)C(C)C(OC2C[C@@](C)(OC)C(O)C(C)O2)C(C)C(OC2OC(C)CC(N(C)C)C2O)[C@](C)(O)CC(C)C(NS(=O)(=O)c2ccc(F)cc2)C(C)C(O)[C@]1(C)O. The van der Waals surface area contributed by atoms with E-state index in [9.17, 15) is 43.1 Å². The second-order valence-electron chi connectivity index (χ2n) is 18.8. The van der Waals surface area contributed by atoms with Crippen molar-refractivity contribution in [1.29, 1.82) is 0 Å².